The highest BCUT2D eigenvalue weighted by molar-refractivity contribution is 5.99. The molecule has 2 amide bonds. The summed E-state index contributed by atoms with van der Waals surface area (Å²) in [4.78, 5) is 33.4. The van der Waals surface area contributed by atoms with E-state index in [1.54, 1.807) is 56.6 Å². The van der Waals surface area contributed by atoms with Gasteiger partial charge in [0.1, 0.15) is 12.4 Å². The van der Waals surface area contributed by atoms with Crippen molar-refractivity contribution in [1.29, 1.82) is 0 Å². The van der Waals surface area contributed by atoms with Crippen molar-refractivity contribution in [3.8, 4) is 5.75 Å². The summed E-state index contributed by atoms with van der Waals surface area (Å²) in [5, 5.41) is 2.83. The number of nitrogens with zero attached hydrogens (tertiary/aromatic N) is 3. The third-order valence-electron chi connectivity index (χ3n) is 6.31. The highest BCUT2D eigenvalue weighted by atomic mass is 16.5. The van der Waals surface area contributed by atoms with Gasteiger partial charge in [-0.05, 0) is 48.7 Å². The van der Waals surface area contributed by atoms with Crippen molar-refractivity contribution >= 4 is 17.5 Å². The number of hydrogen-bond donors (Lipinski definition) is 1. The van der Waals surface area contributed by atoms with Crippen molar-refractivity contribution in [3.05, 3.63) is 53.9 Å². The molecular weight excluding hydrogens is 432 g/mol. The summed E-state index contributed by atoms with van der Waals surface area (Å²) in [5.74, 6) is 0.408. The third kappa shape index (κ3) is 6.55. The molecule has 184 valence electrons. The van der Waals surface area contributed by atoms with Crippen LogP contribution in [0.4, 0.5) is 5.69 Å². The van der Waals surface area contributed by atoms with Gasteiger partial charge in [-0.25, -0.2) is 0 Å². The van der Waals surface area contributed by atoms with E-state index in [1.165, 1.54) is 5.56 Å². The summed E-state index contributed by atoms with van der Waals surface area (Å²) < 4.78 is 12.0. The van der Waals surface area contributed by atoms with E-state index in [2.05, 4.69) is 29.0 Å². The minimum absolute atomic E-state index is 0.0905. The Kier molecular flexibility index (Phi) is 9.01. The maximum atomic E-state index is 13.4. The molecule has 0 aliphatic carbocycles. The van der Waals surface area contributed by atoms with Gasteiger partial charge < -0.3 is 19.7 Å². The first-order valence-corrected chi connectivity index (χ1v) is 11.8. The Hall–Kier alpha value is -2.97. The van der Waals surface area contributed by atoms with E-state index in [4.69, 9.17) is 9.47 Å². The number of nitrogens with one attached hydrogen (secondary N) is 1. The quantitative estimate of drug-likeness (QED) is 0.724. The molecule has 2 heterocycles. The molecule has 0 radical (unpaired) electrons. The second-order valence-electron chi connectivity index (χ2n) is 8.99. The number of hydrogen-bond acceptors (Lipinski definition) is 6. The fourth-order valence-electron chi connectivity index (χ4n) is 4.12. The van der Waals surface area contributed by atoms with Crippen molar-refractivity contribution in [1.82, 2.24) is 14.8 Å². The van der Waals surface area contributed by atoms with E-state index in [9.17, 15) is 9.59 Å². The molecular formula is C26H36N4O4. The van der Waals surface area contributed by atoms with Crippen LogP contribution in [0, 0.1) is 5.92 Å². The van der Waals surface area contributed by atoms with Crippen LogP contribution in [0.5, 0.6) is 5.75 Å². The SMILES string of the molecule is CCC(=O)Nc1ccc2c(c1)C(=O)N(C)C[C@H](OC)[C@@H](C)CN(Cc1ccncc1)[C@@H](C)CO2. The number of pyridine rings is 1. The van der Waals surface area contributed by atoms with Crippen molar-refractivity contribution in [2.75, 3.05) is 39.2 Å². The van der Waals surface area contributed by atoms with Gasteiger partial charge >= 0.3 is 0 Å². The highest BCUT2D eigenvalue weighted by Gasteiger charge is 2.28. The molecule has 0 saturated heterocycles. The first-order valence-electron chi connectivity index (χ1n) is 11.8. The topological polar surface area (TPSA) is 84.0 Å². The number of carbonyl (C=O) groups is 2. The molecule has 1 aliphatic heterocycles. The number of likely N-dealkylation sites (N-methyl/N-ethyl adjacent to an activating group) is 1. The summed E-state index contributed by atoms with van der Waals surface area (Å²) in [6.07, 6.45) is 3.84. The van der Waals surface area contributed by atoms with Gasteiger partial charge in [-0.3, -0.25) is 19.5 Å². The van der Waals surface area contributed by atoms with Crippen molar-refractivity contribution in [2.45, 2.75) is 45.9 Å². The Bertz CT molecular complexity index is 969. The lowest BCUT2D eigenvalue weighted by atomic mass is 10.0. The van der Waals surface area contributed by atoms with Gasteiger partial charge in [-0.2, -0.15) is 0 Å². The minimum atomic E-state index is -0.168. The number of fused-ring (bicyclic) bond motifs is 1. The van der Waals surface area contributed by atoms with E-state index in [1.807, 2.05) is 12.1 Å². The highest BCUT2D eigenvalue weighted by Crippen LogP contribution is 2.27. The number of methoxy groups -OCH3 is 1. The predicted octanol–water partition coefficient (Wildman–Crippen LogP) is 3.44. The van der Waals surface area contributed by atoms with Crippen LogP contribution >= 0.6 is 0 Å². The molecule has 1 N–H and O–H groups in total. The first kappa shape index (κ1) is 25.6. The molecule has 1 aromatic heterocycles. The standard InChI is InChI=1S/C26H36N4O4/c1-6-25(31)28-21-7-8-23-22(13-21)26(32)29(4)16-24(33-5)18(2)14-30(19(3)17-34-23)15-20-9-11-27-12-10-20/h7-13,18-19,24H,6,14-17H2,1-5H3,(H,28,31)/t18-,19-,24-/m0/s1. The molecule has 1 aliphatic rings. The number of aromatic nitrogens is 1. The van der Waals surface area contributed by atoms with Crippen LogP contribution in [0.1, 0.15) is 43.1 Å². The smallest absolute Gasteiger partial charge is 0.257 e. The second kappa shape index (κ2) is 11.9. The fraction of sp³-hybridized carbons (Fsp3) is 0.500. The summed E-state index contributed by atoms with van der Waals surface area (Å²) in [6.45, 7) is 8.48. The lowest BCUT2D eigenvalue weighted by molar-refractivity contribution is -0.115. The molecule has 8 heteroatoms. The summed E-state index contributed by atoms with van der Waals surface area (Å²) >= 11 is 0. The van der Waals surface area contributed by atoms with E-state index < -0.39 is 0 Å². The Labute approximate surface area is 202 Å². The molecule has 34 heavy (non-hydrogen) atoms. The Balaban J connectivity index is 1.93. The average Bonchev–Trinajstić information content (AvgIpc) is 2.85. The van der Waals surface area contributed by atoms with Gasteiger partial charge in [-0.15, -0.1) is 0 Å². The maximum absolute atomic E-state index is 13.4. The predicted molar refractivity (Wildman–Crippen MR) is 132 cm³/mol. The molecule has 0 bridgehead atoms. The number of ether oxygens (including phenoxy) is 2. The molecule has 3 atom stereocenters. The van der Waals surface area contributed by atoms with Crippen LogP contribution in [-0.2, 0) is 16.1 Å². The van der Waals surface area contributed by atoms with Crippen LogP contribution in [0.15, 0.2) is 42.7 Å². The third-order valence-corrected chi connectivity index (χ3v) is 6.31. The minimum Gasteiger partial charge on any atom is -0.491 e. The Morgan fingerprint density at radius 2 is 1.94 bits per heavy atom. The van der Waals surface area contributed by atoms with Gasteiger partial charge in [0.15, 0.2) is 0 Å². The monoisotopic (exact) mass is 468 g/mol. The zero-order valence-electron chi connectivity index (χ0n) is 20.8. The van der Waals surface area contributed by atoms with Gasteiger partial charge in [0.25, 0.3) is 5.91 Å². The molecule has 0 unspecified atom stereocenters. The van der Waals surface area contributed by atoms with Crippen LogP contribution in [-0.4, -0.2) is 72.6 Å². The Morgan fingerprint density at radius 1 is 1.21 bits per heavy atom. The molecule has 8 nitrogen and oxygen atoms in total. The lowest BCUT2D eigenvalue weighted by Gasteiger charge is -2.36. The van der Waals surface area contributed by atoms with Crippen LogP contribution in [0.3, 0.4) is 0 Å². The lowest BCUT2D eigenvalue weighted by Crippen LogP contribution is -2.46. The normalized spacial score (nSPS) is 22.2. The number of carbonyl (C=O) groups excluding carboxylic acids is 2. The first-order chi connectivity index (χ1) is 16.3. The fourth-order valence-corrected chi connectivity index (χ4v) is 4.12. The zero-order chi connectivity index (χ0) is 24.7. The van der Waals surface area contributed by atoms with Crippen molar-refractivity contribution < 1.29 is 19.1 Å². The molecule has 3 rings (SSSR count). The number of rotatable bonds is 5. The van der Waals surface area contributed by atoms with Crippen LogP contribution in [0.25, 0.3) is 0 Å². The van der Waals surface area contributed by atoms with Gasteiger partial charge in [0, 0.05) is 64.3 Å². The van der Waals surface area contributed by atoms with Crippen LogP contribution in [0.2, 0.25) is 0 Å². The molecule has 0 spiro atoms. The molecule has 1 aromatic carbocycles. The van der Waals surface area contributed by atoms with Gasteiger partial charge in [0.2, 0.25) is 5.91 Å². The average molecular weight is 469 g/mol. The maximum Gasteiger partial charge on any atom is 0.257 e. The van der Waals surface area contributed by atoms with Crippen LogP contribution < -0.4 is 10.1 Å². The van der Waals surface area contributed by atoms with Crippen molar-refractivity contribution in [2.24, 2.45) is 5.92 Å². The molecule has 2 aromatic rings. The van der Waals surface area contributed by atoms with E-state index in [0.717, 1.165) is 13.1 Å². The largest absolute Gasteiger partial charge is 0.491 e. The summed E-state index contributed by atoms with van der Waals surface area (Å²) in [6, 6.07) is 9.36. The summed E-state index contributed by atoms with van der Waals surface area (Å²) in [7, 11) is 3.46. The Morgan fingerprint density at radius 3 is 2.62 bits per heavy atom. The van der Waals surface area contributed by atoms with E-state index >= 15 is 0 Å². The van der Waals surface area contributed by atoms with Gasteiger partial charge in [-0.1, -0.05) is 13.8 Å². The number of amides is 2. The van der Waals surface area contributed by atoms with E-state index in [-0.39, 0.29) is 29.9 Å². The molecule has 0 saturated carbocycles. The zero-order valence-corrected chi connectivity index (χ0v) is 20.8. The van der Waals surface area contributed by atoms with Gasteiger partial charge in [0.05, 0.1) is 11.7 Å². The number of benzene rings is 1. The molecule has 0 fully saturated rings. The van der Waals surface area contributed by atoms with Crippen molar-refractivity contribution in [3.63, 3.8) is 0 Å². The van der Waals surface area contributed by atoms with E-state index in [0.29, 0.717) is 36.6 Å². The second-order valence-corrected chi connectivity index (χ2v) is 8.99. The summed E-state index contributed by atoms with van der Waals surface area (Å²) in [5.41, 5.74) is 2.18. The number of anilines is 1.